The van der Waals surface area contributed by atoms with Crippen LogP contribution in [0.15, 0.2) is 35.3 Å². The zero-order valence-corrected chi connectivity index (χ0v) is 14.2. The van der Waals surface area contributed by atoms with E-state index in [2.05, 4.69) is 4.99 Å². The van der Waals surface area contributed by atoms with Gasteiger partial charge in [-0.2, -0.15) is 13.2 Å². The summed E-state index contributed by atoms with van der Waals surface area (Å²) in [4.78, 5) is 16.3. The number of fused-ring (bicyclic) bond motifs is 1. The second-order valence-electron chi connectivity index (χ2n) is 6.34. The molecule has 0 radical (unpaired) electrons. The predicted molar refractivity (Wildman–Crippen MR) is 93.6 cm³/mol. The second-order valence-corrected chi connectivity index (χ2v) is 6.34. The Labute approximate surface area is 149 Å². The number of ketones is 1. The third-order valence-electron chi connectivity index (χ3n) is 4.49. The lowest BCUT2D eigenvalue weighted by atomic mass is 9.90. The molecule has 136 valence electrons. The van der Waals surface area contributed by atoms with E-state index < -0.39 is 11.7 Å². The van der Waals surface area contributed by atoms with Crippen molar-refractivity contribution in [2.45, 2.75) is 32.5 Å². The number of aryl methyl sites for hydroxylation is 1. The molecule has 2 aromatic carbocycles. The normalized spacial score (nSPS) is 13.1. The molecule has 3 rings (SSSR count). The van der Waals surface area contributed by atoms with E-state index in [0.717, 1.165) is 17.7 Å². The zero-order chi connectivity index (χ0) is 18.9. The van der Waals surface area contributed by atoms with Crippen LogP contribution < -0.4 is 0 Å². The molecular formula is C20H18F3NO2. The molecule has 1 aliphatic rings. The van der Waals surface area contributed by atoms with Crippen molar-refractivity contribution in [3.05, 3.63) is 58.1 Å². The van der Waals surface area contributed by atoms with Gasteiger partial charge in [-0.3, -0.25) is 9.79 Å². The lowest BCUT2D eigenvalue weighted by Crippen LogP contribution is -2.08. The minimum atomic E-state index is -4.45. The fraction of sp³-hybridized carbons (Fsp3) is 0.300. The summed E-state index contributed by atoms with van der Waals surface area (Å²) in [6.07, 6.45) is -2.31. The number of alkyl halides is 3. The van der Waals surface area contributed by atoms with Crippen LogP contribution in [-0.4, -0.2) is 23.7 Å². The predicted octanol–water partition coefficient (Wildman–Crippen LogP) is 4.57. The van der Waals surface area contributed by atoms with Crippen molar-refractivity contribution >= 4 is 12.0 Å². The van der Waals surface area contributed by atoms with Gasteiger partial charge in [-0.25, -0.2) is 0 Å². The maximum atomic E-state index is 13.3. The van der Waals surface area contributed by atoms with Gasteiger partial charge >= 0.3 is 6.18 Å². The maximum Gasteiger partial charge on any atom is 0.416 e. The quantitative estimate of drug-likeness (QED) is 0.793. The third kappa shape index (κ3) is 3.55. The van der Waals surface area contributed by atoms with Gasteiger partial charge in [0.25, 0.3) is 0 Å². The number of halogens is 3. The van der Waals surface area contributed by atoms with Gasteiger partial charge in [-0.15, -0.1) is 0 Å². The molecule has 1 heterocycles. The monoisotopic (exact) mass is 361 g/mol. The van der Waals surface area contributed by atoms with Crippen LogP contribution in [0.4, 0.5) is 13.2 Å². The summed E-state index contributed by atoms with van der Waals surface area (Å²) in [6, 6.07) is 7.30. The molecule has 0 amide bonds. The van der Waals surface area contributed by atoms with Crippen LogP contribution in [-0.2, 0) is 12.7 Å². The average Bonchev–Trinajstić information content (AvgIpc) is 3.07. The van der Waals surface area contributed by atoms with E-state index in [4.69, 9.17) is 5.11 Å². The number of aliphatic imine (C=N–C) groups is 1. The Morgan fingerprint density at radius 3 is 2.65 bits per heavy atom. The number of rotatable bonds is 5. The van der Waals surface area contributed by atoms with Crippen LogP contribution in [0.1, 0.15) is 45.5 Å². The summed E-state index contributed by atoms with van der Waals surface area (Å²) < 4.78 is 39.8. The van der Waals surface area contributed by atoms with Crippen LogP contribution in [0.2, 0.25) is 0 Å². The highest BCUT2D eigenvalue weighted by Crippen LogP contribution is 2.38. The molecule has 0 saturated carbocycles. The van der Waals surface area contributed by atoms with E-state index in [1.807, 2.05) is 0 Å². The molecule has 0 atom stereocenters. The number of carbonyl (C=O) groups is 1. The van der Waals surface area contributed by atoms with Crippen molar-refractivity contribution in [3.8, 4) is 11.1 Å². The Kier molecular flexibility index (Phi) is 4.96. The Morgan fingerprint density at radius 1 is 1.19 bits per heavy atom. The van der Waals surface area contributed by atoms with Crippen molar-refractivity contribution in [2.75, 3.05) is 6.61 Å². The van der Waals surface area contributed by atoms with E-state index in [9.17, 15) is 18.0 Å². The topological polar surface area (TPSA) is 49.7 Å². The van der Waals surface area contributed by atoms with Crippen molar-refractivity contribution in [1.29, 1.82) is 0 Å². The first-order valence-electron chi connectivity index (χ1n) is 8.30. The summed E-state index contributed by atoms with van der Waals surface area (Å²) in [5, 5.41) is 8.88. The number of aliphatic hydroxyl groups is 1. The van der Waals surface area contributed by atoms with Crippen LogP contribution in [0.25, 0.3) is 11.1 Å². The molecule has 26 heavy (non-hydrogen) atoms. The van der Waals surface area contributed by atoms with Crippen LogP contribution in [0, 0.1) is 6.92 Å². The highest BCUT2D eigenvalue weighted by Gasteiger charge is 2.33. The largest absolute Gasteiger partial charge is 0.416 e. The summed E-state index contributed by atoms with van der Waals surface area (Å²) in [5.41, 5.74) is 2.73. The van der Waals surface area contributed by atoms with E-state index >= 15 is 0 Å². The standard InChI is InChI=1S/C20H18F3NO2/c1-12-4-5-13(19(26)3-2-6-25)8-16(12)17-9-15(20(21,22)23)7-14-10-24-11-18(14)17/h4-5,7-9,11,25H,2-3,6,10H2,1H3. The molecule has 0 aromatic heterocycles. The summed E-state index contributed by atoms with van der Waals surface area (Å²) >= 11 is 0. The first-order chi connectivity index (χ1) is 12.3. The molecule has 1 aliphatic heterocycles. The highest BCUT2D eigenvalue weighted by atomic mass is 19.4. The molecule has 0 fully saturated rings. The van der Waals surface area contributed by atoms with E-state index in [0.29, 0.717) is 34.2 Å². The number of hydrogen-bond acceptors (Lipinski definition) is 3. The fourth-order valence-electron chi connectivity index (χ4n) is 3.09. The van der Waals surface area contributed by atoms with Crippen molar-refractivity contribution < 1.29 is 23.1 Å². The second kappa shape index (κ2) is 7.03. The molecule has 0 bridgehead atoms. The Morgan fingerprint density at radius 2 is 1.96 bits per heavy atom. The van der Waals surface area contributed by atoms with Crippen LogP contribution >= 0.6 is 0 Å². The molecule has 1 N–H and O–H groups in total. The van der Waals surface area contributed by atoms with Crippen molar-refractivity contribution in [1.82, 2.24) is 0 Å². The summed E-state index contributed by atoms with van der Waals surface area (Å²) in [6.45, 7) is 1.94. The van der Waals surface area contributed by atoms with Crippen LogP contribution in [0.3, 0.4) is 0 Å². The molecule has 6 heteroatoms. The first kappa shape index (κ1) is 18.3. The Balaban J connectivity index is 2.13. The average molecular weight is 361 g/mol. The SMILES string of the molecule is Cc1ccc(C(=O)CCCO)cc1-c1cc(C(F)(F)F)cc2c1C=NC2. The minimum Gasteiger partial charge on any atom is -0.396 e. The summed E-state index contributed by atoms with van der Waals surface area (Å²) in [5.74, 6) is -0.141. The van der Waals surface area contributed by atoms with Gasteiger partial charge in [-0.05, 0) is 53.8 Å². The fourth-order valence-corrected chi connectivity index (χ4v) is 3.09. The lowest BCUT2D eigenvalue weighted by Gasteiger charge is -2.16. The first-order valence-corrected chi connectivity index (χ1v) is 8.30. The highest BCUT2D eigenvalue weighted by molar-refractivity contribution is 5.99. The third-order valence-corrected chi connectivity index (χ3v) is 4.49. The van der Waals surface area contributed by atoms with Gasteiger partial charge in [0.2, 0.25) is 0 Å². The van der Waals surface area contributed by atoms with Gasteiger partial charge in [-0.1, -0.05) is 12.1 Å². The number of nitrogens with zero attached hydrogens (tertiary/aromatic N) is 1. The van der Waals surface area contributed by atoms with Gasteiger partial charge in [0.15, 0.2) is 5.78 Å². The van der Waals surface area contributed by atoms with E-state index in [-0.39, 0.29) is 25.4 Å². The number of Topliss-reactive ketones (excluding diaryl/α,β-unsaturated/α-hetero) is 1. The molecule has 0 aliphatic carbocycles. The molecule has 0 spiro atoms. The van der Waals surface area contributed by atoms with Gasteiger partial charge in [0, 0.05) is 30.4 Å². The molecule has 0 saturated heterocycles. The smallest absolute Gasteiger partial charge is 0.396 e. The van der Waals surface area contributed by atoms with Crippen LogP contribution in [0.5, 0.6) is 0 Å². The number of carbonyl (C=O) groups excluding carboxylic acids is 1. The molecule has 0 unspecified atom stereocenters. The van der Waals surface area contributed by atoms with Gasteiger partial charge in [0.1, 0.15) is 0 Å². The zero-order valence-electron chi connectivity index (χ0n) is 14.2. The summed E-state index contributed by atoms with van der Waals surface area (Å²) in [7, 11) is 0. The lowest BCUT2D eigenvalue weighted by molar-refractivity contribution is -0.137. The maximum absolute atomic E-state index is 13.3. The molecule has 3 nitrogen and oxygen atoms in total. The molecular weight excluding hydrogens is 343 g/mol. The van der Waals surface area contributed by atoms with E-state index in [1.54, 1.807) is 31.3 Å². The number of benzene rings is 2. The van der Waals surface area contributed by atoms with Crippen molar-refractivity contribution in [3.63, 3.8) is 0 Å². The van der Waals surface area contributed by atoms with Gasteiger partial charge < -0.3 is 5.11 Å². The van der Waals surface area contributed by atoms with Crippen molar-refractivity contribution in [2.24, 2.45) is 4.99 Å². The van der Waals surface area contributed by atoms with E-state index in [1.165, 1.54) is 0 Å². The number of aliphatic hydroxyl groups excluding tert-OH is 1. The number of hydrogen-bond donors (Lipinski definition) is 1. The minimum absolute atomic E-state index is 0.0813. The Hall–Kier alpha value is -2.47. The Bertz CT molecular complexity index is 885. The van der Waals surface area contributed by atoms with Gasteiger partial charge in [0.05, 0.1) is 12.1 Å². The molecule has 2 aromatic rings.